The topological polar surface area (TPSA) is 65.4 Å². The average molecular weight is 367 g/mol. The molecule has 3 aromatic rings. The average Bonchev–Trinajstić information content (AvgIpc) is 3.06. The summed E-state index contributed by atoms with van der Waals surface area (Å²) in [6.45, 7) is 4.85. The number of methoxy groups -OCH3 is 1. The van der Waals surface area contributed by atoms with Crippen LogP contribution in [0.15, 0.2) is 48.7 Å². The molecule has 1 amide bonds. The maximum absolute atomic E-state index is 12.0. The maximum Gasteiger partial charge on any atom is 0.246 e. The van der Waals surface area contributed by atoms with Gasteiger partial charge in [0.15, 0.2) is 0 Å². The Morgan fingerprint density at radius 2 is 1.96 bits per heavy atom. The molecule has 1 N–H and O–H groups in total. The molecular weight excluding hydrogens is 342 g/mol. The van der Waals surface area contributed by atoms with Gasteiger partial charge in [-0.2, -0.15) is 5.10 Å². The molecule has 0 bridgehead atoms. The van der Waals surface area contributed by atoms with Crippen molar-refractivity contribution in [1.29, 1.82) is 0 Å². The number of carbonyl (C=O) groups is 1. The van der Waals surface area contributed by atoms with E-state index in [-0.39, 0.29) is 18.6 Å². The van der Waals surface area contributed by atoms with E-state index in [4.69, 9.17) is 9.47 Å². The van der Waals surface area contributed by atoms with Gasteiger partial charge in [0.1, 0.15) is 6.61 Å². The lowest BCUT2D eigenvalue weighted by Gasteiger charge is -2.15. The third-order valence-corrected chi connectivity index (χ3v) is 4.55. The van der Waals surface area contributed by atoms with Gasteiger partial charge in [0.25, 0.3) is 0 Å². The highest BCUT2D eigenvalue weighted by Crippen LogP contribution is 2.25. The van der Waals surface area contributed by atoms with Gasteiger partial charge < -0.3 is 14.8 Å². The molecule has 1 aromatic heterocycles. The van der Waals surface area contributed by atoms with E-state index in [0.717, 1.165) is 22.3 Å². The standard InChI is InChI=1S/C21H25N3O3/c1-15(23-21(25)14-27-12-11-26-3)19-13-22-24(16(19)2)20-10-6-8-17-7-4-5-9-18(17)20/h4-10,13,15H,11-12,14H2,1-3H3,(H,23,25)/t15-/m0/s1. The summed E-state index contributed by atoms with van der Waals surface area (Å²) in [5, 5.41) is 9.83. The Morgan fingerprint density at radius 3 is 2.78 bits per heavy atom. The predicted molar refractivity (Wildman–Crippen MR) is 105 cm³/mol. The van der Waals surface area contributed by atoms with Gasteiger partial charge in [-0.3, -0.25) is 4.79 Å². The summed E-state index contributed by atoms with van der Waals surface area (Å²) >= 11 is 0. The van der Waals surface area contributed by atoms with Crippen molar-refractivity contribution in [3.05, 3.63) is 59.9 Å². The zero-order valence-electron chi connectivity index (χ0n) is 15.9. The van der Waals surface area contributed by atoms with E-state index in [1.54, 1.807) is 7.11 Å². The van der Waals surface area contributed by atoms with Gasteiger partial charge in [0.2, 0.25) is 5.91 Å². The van der Waals surface area contributed by atoms with E-state index in [9.17, 15) is 4.79 Å². The van der Waals surface area contributed by atoms with Gasteiger partial charge in [-0.25, -0.2) is 4.68 Å². The lowest BCUT2D eigenvalue weighted by atomic mass is 10.1. The fourth-order valence-electron chi connectivity index (χ4n) is 3.15. The Balaban J connectivity index is 1.76. The molecule has 0 saturated carbocycles. The molecular formula is C21H25N3O3. The lowest BCUT2D eigenvalue weighted by molar-refractivity contribution is -0.126. The number of hydrogen-bond donors (Lipinski definition) is 1. The summed E-state index contributed by atoms with van der Waals surface area (Å²) in [5.74, 6) is -0.157. The van der Waals surface area contributed by atoms with Crippen LogP contribution >= 0.6 is 0 Å². The Morgan fingerprint density at radius 1 is 1.19 bits per heavy atom. The van der Waals surface area contributed by atoms with Crippen molar-refractivity contribution in [1.82, 2.24) is 15.1 Å². The summed E-state index contributed by atoms with van der Waals surface area (Å²) in [7, 11) is 1.60. The van der Waals surface area contributed by atoms with Gasteiger partial charge >= 0.3 is 0 Å². The molecule has 0 aliphatic heterocycles. The molecule has 0 aliphatic rings. The minimum absolute atomic E-state index is 0.0181. The van der Waals surface area contributed by atoms with Crippen LogP contribution in [-0.4, -0.2) is 42.6 Å². The number of rotatable bonds is 8. The lowest BCUT2D eigenvalue weighted by Crippen LogP contribution is -2.30. The zero-order valence-corrected chi connectivity index (χ0v) is 15.9. The zero-order chi connectivity index (χ0) is 19.2. The van der Waals surface area contributed by atoms with Gasteiger partial charge in [0.05, 0.1) is 31.1 Å². The predicted octanol–water partition coefficient (Wildman–Crippen LogP) is 3.17. The van der Waals surface area contributed by atoms with Crippen molar-refractivity contribution in [2.45, 2.75) is 19.9 Å². The first-order valence-corrected chi connectivity index (χ1v) is 9.00. The Hall–Kier alpha value is -2.70. The van der Waals surface area contributed by atoms with Crippen molar-refractivity contribution in [3.63, 3.8) is 0 Å². The third kappa shape index (κ3) is 4.35. The molecule has 0 spiro atoms. The Labute approximate surface area is 159 Å². The second-order valence-electron chi connectivity index (χ2n) is 6.43. The van der Waals surface area contributed by atoms with Crippen LogP contribution in [0.4, 0.5) is 0 Å². The third-order valence-electron chi connectivity index (χ3n) is 4.55. The minimum Gasteiger partial charge on any atom is -0.382 e. The molecule has 1 atom stereocenters. The van der Waals surface area contributed by atoms with Gasteiger partial charge in [-0.1, -0.05) is 36.4 Å². The van der Waals surface area contributed by atoms with Crippen LogP contribution in [0, 0.1) is 6.92 Å². The van der Waals surface area contributed by atoms with E-state index >= 15 is 0 Å². The molecule has 3 rings (SSSR count). The fourth-order valence-corrected chi connectivity index (χ4v) is 3.15. The van der Waals surface area contributed by atoms with Crippen LogP contribution in [0.5, 0.6) is 0 Å². The molecule has 27 heavy (non-hydrogen) atoms. The molecule has 1 heterocycles. The van der Waals surface area contributed by atoms with Crippen LogP contribution in [0.1, 0.15) is 24.2 Å². The number of benzene rings is 2. The number of carbonyl (C=O) groups excluding carboxylic acids is 1. The molecule has 142 valence electrons. The van der Waals surface area contributed by atoms with Crippen LogP contribution in [0.25, 0.3) is 16.5 Å². The second-order valence-corrected chi connectivity index (χ2v) is 6.43. The van der Waals surface area contributed by atoms with E-state index in [1.165, 1.54) is 5.39 Å². The smallest absolute Gasteiger partial charge is 0.246 e. The number of fused-ring (bicyclic) bond motifs is 1. The number of aromatic nitrogens is 2. The largest absolute Gasteiger partial charge is 0.382 e. The summed E-state index contributed by atoms with van der Waals surface area (Å²) in [6.07, 6.45) is 1.81. The highest BCUT2D eigenvalue weighted by Gasteiger charge is 2.17. The van der Waals surface area contributed by atoms with Gasteiger partial charge in [-0.15, -0.1) is 0 Å². The molecule has 6 heteroatoms. The Kier molecular flexibility index (Phi) is 6.21. The number of ether oxygens (including phenoxy) is 2. The first-order chi connectivity index (χ1) is 13.1. The van der Waals surface area contributed by atoms with Crippen LogP contribution < -0.4 is 5.32 Å². The van der Waals surface area contributed by atoms with E-state index in [0.29, 0.717) is 13.2 Å². The van der Waals surface area contributed by atoms with E-state index in [2.05, 4.69) is 34.7 Å². The first kappa shape index (κ1) is 19.1. The normalized spacial score (nSPS) is 12.3. The summed E-state index contributed by atoms with van der Waals surface area (Å²) in [4.78, 5) is 12.0. The number of hydrogen-bond acceptors (Lipinski definition) is 4. The van der Waals surface area contributed by atoms with E-state index < -0.39 is 0 Å². The highest BCUT2D eigenvalue weighted by molar-refractivity contribution is 5.90. The van der Waals surface area contributed by atoms with Crippen LogP contribution in [-0.2, 0) is 14.3 Å². The first-order valence-electron chi connectivity index (χ1n) is 9.00. The Bertz CT molecular complexity index is 915. The van der Waals surface area contributed by atoms with Crippen LogP contribution in [0.3, 0.4) is 0 Å². The monoisotopic (exact) mass is 367 g/mol. The second kappa shape index (κ2) is 8.79. The quantitative estimate of drug-likeness (QED) is 0.621. The van der Waals surface area contributed by atoms with Crippen molar-refractivity contribution in [2.24, 2.45) is 0 Å². The van der Waals surface area contributed by atoms with Gasteiger partial charge in [-0.05, 0) is 25.3 Å². The SMILES string of the molecule is COCCOCC(=O)N[C@@H](C)c1cnn(-c2cccc3ccccc23)c1C. The molecule has 2 aromatic carbocycles. The van der Waals surface area contributed by atoms with Crippen molar-refractivity contribution in [3.8, 4) is 5.69 Å². The summed E-state index contributed by atoms with van der Waals surface area (Å²) in [6, 6.07) is 14.2. The van der Waals surface area contributed by atoms with Crippen molar-refractivity contribution in [2.75, 3.05) is 26.9 Å². The molecule has 6 nitrogen and oxygen atoms in total. The minimum atomic E-state index is -0.160. The van der Waals surface area contributed by atoms with E-state index in [1.807, 2.05) is 42.9 Å². The number of nitrogens with zero attached hydrogens (tertiary/aromatic N) is 2. The summed E-state index contributed by atoms with van der Waals surface area (Å²) < 4.78 is 12.1. The van der Waals surface area contributed by atoms with Crippen molar-refractivity contribution < 1.29 is 14.3 Å². The number of nitrogens with one attached hydrogen (secondary N) is 1. The molecule has 0 fully saturated rings. The molecule has 0 aliphatic carbocycles. The highest BCUT2D eigenvalue weighted by atomic mass is 16.5. The van der Waals surface area contributed by atoms with Crippen LogP contribution in [0.2, 0.25) is 0 Å². The van der Waals surface area contributed by atoms with Gasteiger partial charge in [0, 0.05) is 23.8 Å². The maximum atomic E-state index is 12.0. The molecule has 0 radical (unpaired) electrons. The molecule has 0 saturated heterocycles. The number of amides is 1. The fraction of sp³-hybridized carbons (Fsp3) is 0.333. The van der Waals surface area contributed by atoms with Crippen molar-refractivity contribution >= 4 is 16.7 Å². The summed E-state index contributed by atoms with van der Waals surface area (Å²) in [5.41, 5.74) is 3.01. The molecule has 0 unspecified atom stereocenters.